The Balaban J connectivity index is 1.84. The van der Waals surface area contributed by atoms with E-state index in [1.807, 2.05) is 0 Å². The average Bonchev–Trinajstić information content (AvgIpc) is 2.68. The van der Waals surface area contributed by atoms with Crippen LogP contribution >= 0.6 is 46.8 Å². The summed E-state index contributed by atoms with van der Waals surface area (Å²) in [6.45, 7) is 2.02. The highest BCUT2D eigenvalue weighted by atomic mass is 35.5. The summed E-state index contributed by atoms with van der Waals surface area (Å²) >= 11 is 18.2. The van der Waals surface area contributed by atoms with Gasteiger partial charge in [0.15, 0.2) is 9.24 Å². The number of hydrogen-bond acceptors (Lipinski definition) is 5. The molecular formula is C11H10Cl2N4OS2. The second kappa shape index (κ2) is 5.57. The van der Waals surface area contributed by atoms with Crippen LogP contribution in [0, 0.1) is 4.77 Å². The van der Waals surface area contributed by atoms with Crippen molar-refractivity contribution in [1.82, 2.24) is 19.9 Å². The lowest BCUT2D eigenvalue weighted by atomic mass is 10.1. The Kier molecular flexibility index (Phi) is 3.96. The number of thiazole rings is 1. The van der Waals surface area contributed by atoms with Crippen molar-refractivity contribution in [3.05, 3.63) is 40.9 Å². The third-order valence-corrected chi connectivity index (χ3v) is 4.95. The number of nitrogens with zero attached hydrogens (tertiary/aromatic N) is 2. The molecule has 0 fully saturated rings. The highest BCUT2D eigenvalue weighted by molar-refractivity contribution is 7.71. The summed E-state index contributed by atoms with van der Waals surface area (Å²) in [5.74, 6) is 0. The summed E-state index contributed by atoms with van der Waals surface area (Å²) in [6, 6.07) is 0. The molecular weight excluding hydrogens is 339 g/mol. The van der Waals surface area contributed by atoms with Crippen molar-refractivity contribution in [3.63, 3.8) is 0 Å². The van der Waals surface area contributed by atoms with E-state index >= 15 is 0 Å². The lowest BCUT2D eigenvalue weighted by molar-refractivity contribution is 0.243. The van der Waals surface area contributed by atoms with E-state index in [2.05, 4.69) is 19.9 Å². The molecule has 2 aromatic heterocycles. The van der Waals surface area contributed by atoms with E-state index in [1.165, 1.54) is 11.3 Å². The van der Waals surface area contributed by atoms with Crippen molar-refractivity contribution < 1.29 is 0 Å². The van der Waals surface area contributed by atoms with E-state index in [-0.39, 0.29) is 5.56 Å². The second-order valence-corrected chi connectivity index (χ2v) is 6.94. The molecule has 1 aliphatic heterocycles. The van der Waals surface area contributed by atoms with Gasteiger partial charge in [-0.15, -0.1) is 11.3 Å². The number of halogens is 2. The fraction of sp³-hybridized carbons (Fsp3) is 0.364. The first kappa shape index (κ1) is 14.2. The Morgan fingerprint density at radius 2 is 2.20 bits per heavy atom. The Morgan fingerprint density at radius 1 is 1.40 bits per heavy atom. The van der Waals surface area contributed by atoms with Crippen molar-refractivity contribution in [3.8, 4) is 0 Å². The quantitative estimate of drug-likeness (QED) is 0.819. The molecule has 2 N–H and O–H groups in total. The molecule has 2 aromatic rings. The Morgan fingerprint density at radius 3 is 2.90 bits per heavy atom. The topological polar surface area (TPSA) is 64.8 Å². The smallest absolute Gasteiger partial charge is 0.256 e. The predicted molar refractivity (Wildman–Crippen MR) is 82.2 cm³/mol. The minimum absolute atomic E-state index is 0.123. The van der Waals surface area contributed by atoms with E-state index in [0.717, 1.165) is 29.1 Å². The molecule has 0 radical (unpaired) electrons. The van der Waals surface area contributed by atoms with Gasteiger partial charge in [-0.2, -0.15) is 0 Å². The molecule has 0 saturated heterocycles. The SMILES string of the molecule is O=c1[nH]c(=S)[nH]c2c1CN(Cc1sc(Cl)nc1Cl)CC2. The van der Waals surface area contributed by atoms with Gasteiger partial charge in [0.2, 0.25) is 0 Å². The molecule has 0 aliphatic carbocycles. The molecule has 0 spiro atoms. The summed E-state index contributed by atoms with van der Waals surface area (Å²) in [5.41, 5.74) is 1.53. The molecule has 5 nitrogen and oxygen atoms in total. The minimum Gasteiger partial charge on any atom is -0.335 e. The molecule has 0 aromatic carbocycles. The van der Waals surface area contributed by atoms with Gasteiger partial charge < -0.3 is 4.98 Å². The van der Waals surface area contributed by atoms with Crippen LogP contribution in [-0.2, 0) is 19.5 Å². The Bertz CT molecular complexity index is 767. The van der Waals surface area contributed by atoms with Gasteiger partial charge in [-0.1, -0.05) is 23.2 Å². The first-order valence-electron chi connectivity index (χ1n) is 5.90. The van der Waals surface area contributed by atoms with E-state index < -0.39 is 0 Å². The molecule has 9 heteroatoms. The van der Waals surface area contributed by atoms with Crippen LogP contribution in [0.1, 0.15) is 16.1 Å². The van der Waals surface area contributed by atoms with Gasteiger partial charge in [0.1, 0.15) is 5.15 Å². The van der Waals surface area contributed by atoms with Gasteiger partial charge in [-0.3, -0.25) is 14.7 Å². The fourth-order valence-electron chi connectivity index (χ4n) is 2.25. The largest absolute Gasteiger partial charge is 0.335 e. The van der Waals surface area contributed by atoms with Gasteiger partial charge in [0.05, 0.1) is 10.4 Å². The lowest BCUT2D eigenvalue weighted by Crippen LogP contribution is -2.35. The number of hydrogen-bond donors (Lipinski definition) is 2. The number of aromatic amines is 2. The number of nitrogens with one attached hydrogen (secondary N) is 2. The molecule has 0 saturated carbocycles. The first-order valence-corrected chi connectivity index (χ1v) is 7.88. The van der Waals surface area contributed by atoms with Crippen LogP contribution in [0.5, 0.6) is 0 Å². The lowest BCUT2D eigenvalue weighted by Gasteiger charge is -2.27. The maximum absolute atomic E-state index is 11.9. The van der Waals surface area contributed by atoms with Crippen LogP contribution in [0.2, 0.25) is 9.62 Å². The van der Waals surface area contributed by atoms with Crippen LogP contribution in [0.25, 0.3) is 0 Å². The molecule has 1 aliphatic rings. The molecule has 3 rings (SSSR count). The molecule has 0 amide bonds. The Hall–Kier alpha value is -0.730. The van der Waals surface area contributed by atoms with Crippen LogP contribution in [0.15, 0.2) is 4.79 Å². The number of fused-ring (bicyclic) bond motifs is 1. The van der Waals surface area contributed by atoms with E-state index in [0.29, 0.717) is 27.5 Å². The van der Waals surface area contributed by atoms with E-state index in [1.54, 1.807) is 0 Å². The van der Waals surface area contributed by atoms with Crippen molar-refractivity contribution in [2.24, 2.45) is 0 Å². The predicted octanol–water partition coefficient (Wildman–Crippen LogP) is 2.75. The summed E-state index contributed by atoms with van der Waals surface area (Å²) in [5, 5.41) is 0.437. The van der Waals surface area contributed by atoms with Crippen molar-refractivity contribution >= 4 is 46.8 Å². The summed E-state index contributed by atoms with van der Waals surface area (Å²) in [6.07, 6.45) is 0.757. The van der Waals surface area contributed by atoms with Gasteiger partial charge in [-0.05, 0) is 12.2 Å². The van der Waals surface area contributed by atoms with Crippen LogP contribution in [0.4, 0.5) is 0 Å². The standard InChI is InChI=1S/C11H10Cl2N4OS2/c12-8-7(20-10(13)15-8)4-17-2-1-6-5(3-17)9(18)16-11(19)14-6/h1-4H2,(H2,14,16,18,19). The fourth-order valence-corrected chi connectivity index (χ4v) is 3.90. The zero-order chi connectivity index (χ0) is 14.3. The summed E-state index contributed by atoms with van der Waals surface area (Å²) < 4.78 is 0.809. The molecule has 0 unspecified atom stereocenters. The summed E-state index contributed by atoms with van der Waals surface area (Å²) in [4.78, 5) is 24.6. The normalized spacial score (nSPS) is 15.3. The third-order valence-electron chi connectivity index (χ3n) is 3.18. The monoisotopic (exact) mass is 348 g/mol. The Labute approximate surface area is 133 Å². The van der Waals surface area contributed by atoms with Gasteiger partial charge >= 0.3 is 0 Å². The third kappa shape index (κ3) is 2.82. The van der Waals surface area contributed by atoms with Gasteiger partial charge in [0, 0.05) is 31.7 Å². The highest BCUT2D eigenvalue weighted by Crippen LogP contribution is 2.28. The van der Waals surface area contributed by atoms with Crippen molar-refractivity contribution in [2.75, 3.05) is 6.54 Å². The number of H-pyrrole nitrogens is 2. The molecule has 106 valence electrons. The maximum Gasteiger partial charge on any atom is 0.256 e. The number of aromatic nitrogens is 3. The number of rotatable bonds is 2. The molecule has 0 atom stereocenters. The molecule has 0 bridgehead atoms. The highest BCUT2D eigenvalue weighted by Gasteiger charge is 2.21. The van der Waals surface area contributed by atoms with Crippen molar-refractivity contribution in [2.45, 2.75) is 19.5 Å². The molecule has 3 heterocycles. The minimum atomic E-state index is -0.123. The second-order valence-electron chi connectivity index (χ2n) is 4.51. The zero-order valence-electron chi connectivity index (χ0n) is 10.2. The van der Waals surface area contributed by atoms with Crippen molar-refractivity contribution in [1.29, 1.82) is 0 Å². The van der Waals surface area contributed by atoms with Gasteiger partial charge in [0.25, 0.3) is 5.56 Å². The summed E-state index contributed by atoms with van der Waals surface area (Å²) in [7, 11) is 0. The molecule has 20 heavy (non-hydrogen) atoms. The van der Waals surface area contributed by atoms with Gasteiger partial charge in [-0.25, -0.2) is 4.98 Å². The maximum atomic E-state index is 11.9. The van der Waals surface area contributed by atoms with E-state index in [9.17, 15) is 4.79 Å². The van der Waals surface area contributed by atoms with Crippen LogP contribution in [0.3, 0.4) is 0 Å². The van der Waals surface area contributed by atoms with Crippen LogP contribution in [-0.4, -0.2) is 26.4 Å². The average molecular weight is 349 g/mol. The van der Waals surface area contributed by atoms with E-state index in [4.69, 9.17) is 35.4 Å². The van der Waals surface area contributed by atoms with Crippen LogP contribution < -0.4 is 5.56 Å². The zero-order valence-corrected chi connectivity index (χ0v) is 13.3. The first-order chi connectivity index (χ1) is 9.52.